The van der Waals surface area contributed by atoms with E-state index in [0.717, 1.165) is 35.1 Å². The molecule has 2 aliphatic carbocycles. The number of ether oxygens (including phenoxy) is 1. The highest BCUT2D eigenvalue weighted by atomic mass is 16.5. The van der Waals surface area contributed by atoms with E-state index in [2.05, 4.69) is 16.0 Å². The van der Waals surface area contributed by atoms with Gasteiger partial charge in [0.1, 0.15) is 19.2 Å². The summed E-state index contributed by atoms with van der Waals surface area (Å²) in [7, 11) is 0. The van der Waals surface area contributed by atoms with Gasteiger partial charge in [-0.1, -0.05) is 61.4 Å². The molecule has 1 atom stereocenters. The number of carboxylic acids is 1. The number of carboxylic acid groups (broad SMARTS) is 1. The number of amides is 3. The van der Waals surface area contributed by atoms with Crippen LogP contribution in [-0.2, 0) is 19.1 Å². The Balaban J connectivity index is 1.19. The zero-order valence-corrected chi connectivity index (χ0v) is 18.6. The van der Waals surface area contributed by atoms with Crippen LogP contribution in [0.3, 0.4) is 0 Å². The first-order valence-electron chi connectivity index (χ1n) is 11.3. The average molecular weight is 466 g/mol. The van der Waals surface area contributed by atoms with Crippen LogP contribution >= 0.6 is 0 Å². The number of alkyl carbamates (subject to hydrolysis) is 1. The highest BCUT2D eigenvalue weighted by Crippen LogP contribution is 2.44. The van der Waals surface area contributed by atoms with Crippen molar-refractivity contribution < 1.29 is 29.0 Å². The van der Waals surface area contributed by atoms with Crippen molar-refractivity contribution in [3.8, 4) is 11.1 Å². The molecule has 0 aliphatic heterocycles. The second-order valence-electron chi connectivity index (χ2n) is 8.59. The smallest absolute Gasteiger partial charge is 0.407 e. The molecule has 4 N–H and O–H groups in total. The molecule has 9 nitrogen and oxygen atoms in total. The zero-order valence-electron chi connectivity index (χ0n) is 18.6. The molecule has 34 heavy (non-hydrogen) atoms. The summed E-state index contributed by atoms with van der Waals surface area (Å²) < 4.78 is 5.36. The minimum atomic E-state index is -1.09. The number of hydrogen-bond donors (Lipinski definition) is 4. The second-order valence-corrected chi connectivity index (χ2v) is 8.59. The first-order valence-corrected chi connectivity index (χ1v) is 11.3. The Morgan fingerprint density at radius 1 is 0.882 bits per heavy atom. The normalized spacial score (nSPS) is 14.9. The molecule has 0 radical (unpaired) electrons. The van der Waals surface area contributed by atoms with Crippen molar-refractivity contribution in [3.63, 3.8) is 0 Å². The number of fused-ring (bicyclic) bond motifs is 3. The van der Waals surface area contributed by atoms with Crippen LogP contribution in [0.5, 0.6) is 0 Å². The van der Waals surface area contributed by atoms with E-state index in [4.69, 9.17) is 4.74 Å². The van der Waals surface area contributed by atoms with E-state index >= 15 is 0 Å². The van der Waals surface area contributed by atoms with Crippen LogP contribution < -0.4 is 16.0 Å². The van der Waals surface area contributed by atoms with E-state index in [-0.39, 0.29) is 25.6 Å². The largest absolute Gasteiger partial charge is 0.480 e. The van der Waals surface area contributed by atoms with Crippen LogP contribution in [0.4, 0.5) is 4.79 Å². The standard InChI is InChI=1S/C25H27N3O6/c29-22(26-13-23(30)28-21(24(31)32)11-15-9-10-15)12-27-25(33)34-14-20-18-7-3-1-5-16(18)17-6-2-4-8-19(17)20/h1-8,15,20-21H,9-14H2,(H,26,29)(H,27,33)(H,28,30)(H,31,32)/t21-/m0/s1. The topological polar surface area (TPSA) is 134 Å². The summed E-state index contributed by atoms with van der Waals surface area (Å²) in [5, 5.41) is 16.3. The van der Waals surface area contributed by atoms with Crippen LogP contribution in [-0.4, -0.2) is 54.7 Å². The fourth-order valence-electron chi connectivity index (χ4n) is 4.20. The van der Waals surface area contributed by atoms with E-state index in [1.54, 1.807) is 0 Å². The Kier molecular flexibility index (Phi) is 7.10. The monoisotopic (exact) mass is 465 g/mol. The van der Waals surface area contributed by atoms with E-state index in [1.807, 2.05) is 48.5 Å². The van der Waals surface area contributed by atoms with E-state index in [9.17, 15) is 24.3 Å². The molecular formula is C25H27N3O6. The molecule has 0 spiro atoms. The number of aliphatic carboxylic acids is 1. The fourth-order valence-corrected chi connectivity index (χ4v) is 4.20. The Bertz CT molecular complexity index is 1050. The van der Waals surface area contributed by atoms with Gasteiger partial charge in [0, 0.05) is 5.92 Å². The molecule has 3 amide bonds. The van der Waals surface area contributed by atoms with Gasteiger partial charge in [-0.15, -0.1) is 0 Å². The van der Waals surface area contributed by atoms with Gasteiger partial charge in [-0.05, 0) is 34.6 Å². The first-order chi connectivity index (χ1) is 16.4. The predicted molar refractivity (Wildman–Crippen MR) is 123 cm³/mol. The molecule has 4 rings (SSSR count). The molecule has 2 aromatic carbocycles. The third-order valence-electron chi connectivity index (χ3n) is 6.08. The van der Waals surface area contributed by atoms with Crippen molar-refractivity contribution in [3.05, 3.63) is 59.7 Å². The summed E-state index contributed by atoms with van der Waals surface area (Å²) >= 11 is 0. The number of carbonyl (C=O) groups is 4. The molecule has 1 saturated carbocycles. The van der Waals surface area contributed by atoms with Crippen molar-refractivity contribution in [2.24, 2.45) is 5.92 Å². The molecule has 1 fully saturated rings. The molecular weight excluding hydrogens is 438 g/mol. The molecule has 9 heteroatoms. The van der Waals surface area contributed by atoms with Gasteiger partial charge in [0.2, 0.25) is 11.8 Å². The maximum Gasteiger partial charge on any atom is 0.407 e. The number of hydrogen-bond acceptors (Lipinski definition) is 5. The number of carbonyl (C=O) groups excluding carboxylic acids is 3. The summed E-state index contributed by atoms with van der Waals surface area (Å²) in [4.78, 5) is 47.3. The summed E-state index contributed by atoms with van der Waals surface area (Å²) in [6, 6.07) is 15.0. The molecule has 0 saturated heterocycles. The summed E-state index contributed by atoms with van der Waals surface area (Å²) in [5.74, 6) is -2.03. The summed E-state index contributed by atoms with van der Waals surface area (Å²) in [6.45, 7) is -0.616. The van der Waals surface area contributed by atoms with Crippen molar-refractivity contribution in [1.29, 1.82) is 0 Å². The maximum atomic E-state index is 12.1. The van der Waals surface area contributed by atoms with Gasteiger partial charge in [0.05, 0.1) is 6.54 Å². The Morgan fingerprint density at radius 2 is 1.47 bits per heavy atom. The minimum Gasteiger partial charge on any atom is -0.480 e. The van der Waals surface area contributed by atoms with Gasteiger partial charge >= 0.3 is 12.1 Å². The minimum absolute atomic E-state index is 0.0894. The van der Waals surface area contributed by atoms with Crippen molar-refractivity contribution in [2.75, 3.05) is 19.7 Å². The summed E-state index contributed by atoms with van der Waals surface area (Å²) in [6.07, 6.45) is 1.59. The van der Waals surface area contributed by atoms with Crippen molar-refractivity contribution >= 4 is 23.9 Å². The van der Waals surface area contributed by atoms with Crippen LogP contribution in [0, 0.1) is 5.92 Å². The molecule has 0 aromatic heterocycles. The van der Waals surface area contributed by atoms with Gasteiger partial charge in [-0.3, -0.25) is 9.59 Å². The second kappa shape index (κ2) is 10.4. The van der Waals surface area contributed by atoms with Gasteiger partial charge in [0.15, 0.2) is 0 Å². The van der Waals surface area contributed by atoms with Gasteiger partial charge in [-0.2, -0.15) is 0 Å². The van der Waals surface area contributed by atoms with Crippen LogP contribution in [0.1, 0.15) is 36.3 Å². The van der Waals surface area contributed by atoms with E-state index in [0.29, 0.717) is 12.3 Å². The summed E-state index contributed by atoms with van der Waals surface area (Å²) in [5.41, 5.74) is 4.40. The van der Waals surface area contributed by atoms with E-state index in [1.165, 1.54) is 0 Å². The fraction of sp³-hybridized carbons (Fsp3) is 0.360. The molecule has 0 heterocycles. The van der Waals surface area contributed by atoms with Gasteiger partial charge < -0.3 is 25.8 Å². The van der Waals surface area contributed by atoms with Crippen LogP contribution in [0.2, 0.25) is 0 Å². The molecule has 2 aliphatic rings. The lowest BCUT2D eigenvalue weighted by atomic mass is 9.98. The van der Waals surface area contributed by atoms with Crippen LogP contribution in [0.25, 0.3) is 11.1 Å². The Hall–Kier alpha value is -3.88. The highest BCUT2D eigenvalue weighted by Gasteiger charge is 2.30. The number of nitrogens with one attached hydrogen (secondary N) is 3. The zero-order chi connectivity index (χ0) is 24.1. The molecule has 178 valence electrons. The quantitative estimate of drug-likeness (QED) is 0.424. The van der Waals surface area contributed by atoms with Gasteiger partial charge in [-0.25, -0.2) is 9.59 Å². The number of rotatable bonds is 10. The molecule has 2 aromatic rings. The highest BCUT2D eigenvalue weighted by molar-refractivity contribution is 5.89. The molecule has 0 unspecified atom stereocenters. The predicted octanol–water partition coefficient (Wildman–Crippen LogP) is 2.01. The SMILES string of the molecule is O=C(CNC(=O)OCC1c2ccccc2-c2ccccc21)NCC(=O)N[C@@H](CC1CC1)C(=O)O. The third-order valence-corrected chi connectivity index (χ3v) is 6.08. The lowest BCUT2D eigenvalue weighted by Gasteiger charge is -2.15. The Morgan fingerprint density at radius 3 is 2.06 bits per heavy atom. The maximum absolute atomic E-state index is 12.1. The third kappa shape index (κ3) is 5.72. The van der Waals surface area contributed by atoms with Gasteiger partial charge in [0.25, 0.3) is 0 Å². The number of benzene rings is 2. The molecule has 0 bridgehead atoms. The van der Waals surface area contributed by atoms with Crippen LogP contribution in [0.15, 0.2) is 48.5 Å². The van der Waals surface area contributed by atoms with Crippen molar-refractivity contribution in [1.82, 2.24) is 16.0 Å². The first kappa shape index (κ1) is 23.3. The lowest BCUT2D eigenvalue weighted by Crippen LogP contribution is -2.47. The van der Waals surface area contributed by atoms with E-state index < -0.39 is 29.9 Å². The lowest BCUT2D eigenvalue weighted by molar-refractivity contribution is -0.142. The average Bonchev–Trinajstić information content (AvgIpc) is 3.60. The Labute approximate surface area is 196 Å². The van der Waals surface area contributed by atoms with Crippen molar-refractivity contribution in [2.45, 2.75) is 31.2 Å².